The summed E-state index contributed by atoms with van der Waals surface area (Å²) >= 11 is 3.60. The Balaban J connectivity index is 2.32. The number of hydrogen-bond donors (Lipinski definition) is 0. The first-order valence-electron chi connectivity index (χ1n) is 6.61. The third-order valence-corrected chi connectivity index (χ3v) is 4.51. The molecule has 2 aliphatic carbocycles. The minimum Gasteiger partial charge on any atom is -0.0801 e. The fraction of sp³-hybridized carbons (Fsp3) is 0.111. The van der Waals surface area contributed by atoms with Gasteiger partial charge < -0.3 is 0 Å². The van der Waals surface area contributed by atoms with Gasteiger partial charge in [-0.15, -0.1) is 0 Å². The van der Waals surface area contributed by atoms with Crippen LogP contribution in [0.2, 0.25) is 0 Å². The molecule has 0 saturated heterocycles. The predicted octanol–water partition coefficient (Wildman–Crippen LogP) is 3.39. The fourth-order valence-electron chi connectivity index (χ4n) is 3.17. The lowest BCUT2D eigenvalue weighted by atomic mass is 9.88. The highest BCUT2D eigenvalue weighted by Gasteiger charge is 2.13. The predicted molar refractivity (Wildman–Crippen MR) is 85.5 cm³/mol. The molecule has 0 nitrogen and oxygen atoms in total. The number of fused-ring (bicyclic) bond motifs is 6. The van der Waals surface area contributed by atoms with Crippen LogP contribution < -0.4 is 10.4 Å². The molecule has 0 bridgehead atoms. The largest absolute Gasteiger partial charge is 0.0801 e. The summed E-state index contributed by atoms with van der Waals surface area (Å²) in [6.07, 6.45) is 15.5. The highest BCUT2D eigenvalue weighted by molar-refractivity contribution is 9.10. The van der Waals surface area contributed by atoms with Crippen molar-refractivity contribution in [2.75, 3.05) is 0 Å². The molecule has 2 aromatic rings. The summed E-state index contributed by atoms with van der Waals surface area (Å²) in [6.45, 7) is 0. The molecule has 0 N–H and O–H groups in total. The van der Waals surface area contributed by atoms with Gasteiger partial charge >= 0.3 is 0 Å². The number of halogens is 1. The zero-order chi connectivity index (χ0) is 12.8. The molecule has 0 amide bonds. The van der Waals surface area contributed by atoms with Crippen molar-refractivity contribution in [3.8, 4) is 0 Å². The molecule has 1 heteroatoms. The molecule has 19 heavy (non-hydrogen) atoms. The van der Waals surface area contributed by atoms with Crippen molar-refractivity contribution in [3.63, 3.8) is 0 Å². The molecule has 0 fully saturated rings. The van der Waals surface area contributed by atoms with Gasteiger partial charge in [0.2, 0.25) is 0 Å². The molecule has 0 radical (unpaired) electrons. The normalized spacial score (nSPS) is 15.6. The maximum atomic E-state index is 3.60. The van der Waals surface area contributed by atoms with Gasteiger partial charge in [0.25, 0.3) is 0 Å². The Bertz CT molecular complexity index is 867. The summed E-state index contributed by atoms with van der Waals surface area (Å²) in [5.41, 5.74) is 3.01. The van der Waals surface area contributed by atoms with Crippen LogP contribution in [0.25, 0.3) is 22.9 Å². The molecular formula is C18H13Br. The second kappa shape index (κ2) is 4.21. The van der Waals surface area contributed by atoms with Crippen LogP contribution in [0.5, 0.6) is 0 Å². The summed E-state index contributed by atoms with van der Waals surface area (Å²) in [7, 11) is 0. The first-order valence-corrected chi connectivity index (χ1v) is 7.40. The minimum absolute atomic E-state index is 1.05. The summed E-state index contributed by atoms with van der Waals surface area (Å²) < 4.78 is 1.15. The average molecular weight is 309 g/mol. The molecule has 2 aromatic carbocycles. The van der Waals surface area contributed by atoms with Crippen molar-refractivity contribution in [2.24, 2.45) is 0 Å². The average Bonchev–Trinajstić information content (AvgIpc) is 2.47. The van der Waals surface area contributed by atoms with E-state index in [1.807, 2.05) is 0 Å². The van der Waals surface area contributed by atoms with Crippen molar-refractivity contribution < 1.29 is 0 Å². The van der Waals surface area contributed by atoms with Crippen LogP contribution >= 0.6 is 15.9 Å². The van der Waals surface area contributed by atoms with E-state index in [4.69, 9.17) is 0 Å². The highest BCUT2D eigenvalue weighted by atomic mass is 79.9. The third-order valence-electron chi connectivity index (χ3n) is 4.02. The molecule has 0 aliphatic heterocycles. The first kappa shape index (κ1) is 11.2. The molecule has 0 atom stereocenters. The zero-order valence-corrected chi connectivity index (χ0v) is 12.1. The molecule has 92 valence electrons. The van der Waals surface area contributed by atoms with Gasteiger partial charge in [0.05, 0.1) is 0 Å². The number of allylic oxidation sites excluding steroid dienone is 4. The number of rotatable bonds is 0. The van der Waals surface area contributed by atoms with E-state index in [1.165, 1.54) is 32.3 Å². The number of hydrogen-bond acceptors (Lipinski definition) is 0. The van der Waals surface area contributed by atoms with Crippen molar-refractivity contribution in [1.82, 2.24) is 0 Å². The van der Waals surface area contributed by atoms with E-state index in [1.54, 1.807) is 0 Å². The van der Waals surface area contributed by atoms with Gasteiger partial charge in [0.1, 0.15) is 0 Å². The van der Waals surface area contributed by atoms with Crippen molar-refractivity contribution in [3.05, 3.63) is 68.5 Å². The monoisotopic (exact) mass is 308 g/mol. The van der Waals surface area contributed by atoms with Gasteiger partial charge in [-0.3, -0.25) is 0 Å². The molecule has 2 aliphatic rings. The molecule has 0 aromatic heterocycles. The lowest BCUT2D eigenvalue weighted by Crippen LogP contribution is -2.25. The summed E-state index contributed by atoms with van der Waals surface area (Å²) in [6, 6.07) is 6.62. The standard InChI is InChI=1S/C18H13Br/c19-12-9-10-17-15-7-2-1-5-13(15)14-6-3-4-8-16(14)18(17)11-12/h1-4,7-11H,5-6H2. The maximum absolute atomic E-state index is 3.60. The zero-order valence-electron chi connectivity index (χ0n) is 10.5. The third kappa shape index (κ3) is 1.65. The molecule has 0 unspecified atom stereocenters. The molecular weight excluding hydrogens is 296 g/mol. The van der Waals surface area contributed by atoms with E-state index in [-0.39, 0.29) is 0 Å². The van der Waals surface area contributed by atoms with Crippen LogP contribution in [0.4, 0.5) is 0 Å². The van der Waals surface area contributed by atoms with Gasteiger partial charge in [-0.25, -0.2) is 0 Å². The number of benzene rings is 2. The summed E-state index contributed by atoms with van der Waals surface area (Å²) in [5.74, 6) is 0. The Morgan fingerprint density at radius 1 is 0.789 bits per heavy atom. The molecule has 4 rings (SSSR count). The Kier molecular flexibility index (Phi) is 2.49. The van der Waals surface area contributed by atoms with E-state index in [0.717, 1.165) is 17.3 Å². The van der Waals surface area contributed by atoms with Crippen molar-refractivity contribution >= 4 is 38.9 Å². The summed E-state index contributed by atoms with van der Waals surface area (Å²) in [4.78, 5) is 0. The van der Waals surface area contributed by atoms with Crippen molar-refractivity contribution in [1.29, 1.82) is 0 Å². The van der Waals surface area contributed by atoms with Crippen LogP contribution in [0.3, 0.4) is 0 Å². The van der Waals surface area contributed by atoms with Gasteiger partial charge in [-0.05, 0) is 57.3 Å². The van der Waals surface area contributed by atoms with Crippen LogP contribution in [-0.2, 0) is 12.8 Å². The second-order valence-corrected chi connectivity index (χ2v) is 5.99. The Labute approximate surface area is 120 Å². The Morgan fingerprint density at radius 3 is 2.11 bits per heavy atom. The van der Waals surface area contributed by atoms with E-state index in [0.29, 0.717) is 0 Å². The van der Waals surface area contributed by atoms with Crippen LogP contribution in [0.15, 0.2) is 47.0 Å². The van der Waals surface area contributed by atoms with Gasteiger partial charge in [0, 0.05) is 4.47 Å². The van der Waals surface area contributed by atoms with Gasteiger partial charge in [-0.2, -0.15) is 0 Å². The van der Waals surface area contributed by atoms with E-state index >= 15 is 0 Å². The topological polar surface area (TPSA) is 0 Å². The fourth-order valence-corrected chi connectivity index (χ4v) is 3.53. The molecule has 0 heterocycles. The van der Waals surface area contributed by atoms with Crippen LogP contribution in [0, 0.1) is 0 Å². The minimum atomic E-state index is 1.05. The van der Waals surface area contributed by atoms with E-state index < -0.39 is 0 Å². The molecule has 0 spiro atoms. The highest BCUT2D eigenvalue weighted by Crippen LogP contribution is 2.20. The molecule has 0 saturated carbocycles. The van der Waals surface area contributed by atoms with Gasteiger partial charge in [0.15, 0.2) is 0 Å². The quantitative estimate of drug-likeness (QED) is 0.700. The summed E-state index contributed by atoms with van der Waals surface area (Å²) in [5, 5.41) is 5.54. The maximum Gasteiger partial charge on any atom is 0.0181 e. The Morgan fingerprint density at radius 2 is 1.42 bits per heavy atom. The van der Waals surface area contributed by atoms with Gasteiger partial charge in [-0.1, -0.05) is 58.5 Å². The van der Waals surface area contributed by atoms with Crippen molar-refractivity contribution in [2.45, 2.75) is 12.8 Å². The second-order valence-electron chi connectivity index (χ2n) is 5.07. The van der Waals surface area contributed by atoms with E-state index in [2.05, 4.69) is 70.6 Å². The Hall–Kier alpha value is -1.60. The lowest BCUT2D eigenvalue weighted by molar-refractivity contribution is 1.11. The smallest absolute Gasteiger partial charge is 0.0181 e. The lowest BCUT2D eigenvalue weighted by Gasteiger charge is -2.17. The first-order chi connectivity index (χ1) is 9.34. The van der Waals surface area contributed by atoms with E-state index in [9.17, 15) is 0 Å². The van der Waals surface area contributed by atoms with Crippen LogP contribution in [-0.4, -0.2) is 0 Å². The van der Waals surface area contributed by atoms with Crippen LogP contribution in [0.1, 0.15) is 11.1 Å². The SMILES string of the molecule is Brc1ccc2c3c(c4c(c2c1)=CC=CC4)CC=CC=3.